The van der Waals surface area contributed by atoms with Crippen molar-refractivity contribution in [2.24, 2.45) is 5.73 Å². The molecule has 0 saturated heterocycles. The standard InChI is InChI=1S/C15H13BrF2N2O/c1-8-2-3-9(4-11(8)16)7-20-14-5-10(15(19)21)12(17)6-13(14)18/h2-6,20H,7H2,1H3,(H2,19,21). The van der Waals surface area contributed by atoms with Crippen molar-refractivity contribution >= 4 is 27.5 Å². The number of rotatable bonds is 4. The molecular weight excluding hydrogens is 342 g/mol. The van der Waals surface area contributed by atoms with Gasteiger partial charge < -0.3 is 11.1 Å². The van der Waals surface area contributed by atoms with Gasteiger partial charge in [0.15, 0.2) is 0 Å². The largest absolute Gasteiger partial charge is 0.379 e. The molecule has 0 saturated carbocycles. The van der Waals surface area contributed by atoms with Gasteiger partial charge in [-0.15, -0.1) is 0 Å². The minimum absolute atomic E-state index is 0.0295. The third kappa shape index (κ3) is 3.58. The first-order chi connectivity index (χ1) is 9.88. The molecule has 2 aromatic carbocycles. The van der Waals surface area contributed by atoms with E-state index in [1.165, 1.54) is 0 Å². The van der Waals surface area contributed by atoms with Crippen LogP contribution in [0.3, 0.4) is 0 Å². The van der Waals surface area contributed by atoms with Crippen LogP contribution >= 0.6 is 15.9 Å². The predicted molar refractivity (Wildman–Crippen MR) is 81.1 cm³/mol. The van der Waals surface area contributed by atoms with Crippen LogP contribution < -0.4 is 11.1 Å². The highest BCUT2D eigenvalue weighted by Gasteiger charge is 2.13. The molecule has 0 heterocycles. The zero-order chi connectivity index (χ0) is 15.6. The Balaban J connectivity index is 2.21. The minimum Gasteiger partial charge on any atom is -0.379 e. The molecule has 2 aromatic rings. The molecule has 1 amide bonds. The molecule has 0 atom stereocenters. The Kier molecular flexibility index (Phi) is 4.57. The summed E-state index contributed by atoms with van der Waals surface area (Å²) in [5.41, 5.74) is 6.73. The summed E-state index contributed by atoms with van der Waals surface area (Å²) in [4.78, 5) is 11.1. The normalized spacial score (nSPS) is 10.5. The van der Waals surface area contributed by atoms with E-state index in [9.17, 15) is 13.6 Å². The van der Waals surface area contributed by atoms with Gasteiger partial charge in [0.25, 0.3) is 5.91 Å². The number of hydrogen-bond acceptors (Lipinski definition) is 2. The summed E-state index contributed by atoms with van der Waals surface area (Å²) in [6, 6.07) is 7.45. The highest BCUT2D eigenvalue weighted by Crippen LogP contribution is 2.22. The van der Waals surface area contributed by atoms with Crippen LogP contribution in [-0.2, 0) is 6.54 Å². The molecule has 2 rings (SSSR count). The summed E-state index contributed by atoms with van der Waals surface area (Å²) >= 11 is 3.41. The number of hydrogen-bond donors (Lipinski definition) is 2. The predicted octanol–water partition coefficient (Wildman–Crippen LogP) is 3.75. The third-order valence-electron chi connectivity index (χ3n) is 3.04. The van der Waals surface area contributed by atoms with Crippen LogP contribution in [0.5, 0.6) is 0 Å². The molecule has 0 spiro atoms. The van der Waals surface area contributed by atoms with Crippen molar-refractivity contribution in [2.75, 3.05) is 5.32 Å². The van der Waals surface area contributed by atoms with Crippen LogP contribution in [-0.4, -0.2) is 5.91 Å². The number of nitrogens with two attached hydrogens (primary N) is 1. The zero-order valence-electron chi connectivity index (χ0n) is 11.2. The Morgan fingerprint density at radius 2 is 1.95 bits per heavy atom. The van der Waals surface area contributed by atoms with Gasteiger partial charge in [0, 0.05) is 17.1 Å². The van der Waals surface area contributed by atoms with Gasteiger partial charge in [-0.05, 0) is 30.2 Å². The van der Waals surface area contributed by atoms with E-state index in [1.54, 1.807) is 0 Å². The monoisotopic (exact) mass is 354 g/mol. The molecule has 0 unspecified atom stereocenters. The lowest BCUT2D eigenvalue weighted by molar-refractivity contribution is 0.0996. The van der Waals surface area contributed by atoms with Gasteiger partial charge in [-0.1, -0.05) is 28.1 Å². The lowest BCUT2D eigenvalue weighted by atomic mass is 10.1. The molecule has 0 aromatic heterocycles. The van der Waals surface area contributed by atoms with Crippen molar-refractivity contribution in [3.63, 3.8) is 0 Å². The van der Waals surface area contributed by atoms with Crippen molar-refractivity contribution in [1.82, 2.24) is 0 Å². The van der Waals surface area contributed by atoms with Crippen molar-refractivity contribution < 1.29 is 13.6 Å². The van der Waals surface area contributed by atoms with E-state index in [0.717, 1.165) is 21.7 Å². The van der Waals surface area contributed by atoms with Crippen LogP contribution in [0.15, 0.2) is 34.8 Å². The van der Waals surface area contributed by atoms with Gasteiger partial charge in [0.2, 0.25) is 0 Å². The number of anilines is 1. The second-order valence-electron chi connectivity index (χ2n) is 4.61. The Hall–Kier alpha value is -1.95. The second kappa shape index (κ2) is 6.22. The Bertz CT molecular complexity index is 704. The summed E-state index contributed by atoms with van der Waals surface area (Å²) in [6.45, 7) is 2.29. The summed E-state index contributed by atoms with van der Waals surface area (Å²) in [5, 5.41) is 2.83. The fourth-order valence-corrected chi connectivity index (χ4v) is 2.24. The van der Waals surface area contributed by atoms with E-state index >= 15 is 0 Å². The van der Waals surface area contributed by atoms with Crippen molar-refractivity contribution in [3.05, 3.63) is 63.1 Å². The number of carbonyl (C=O) groups excluding carboxylic acids is 1. The molecular formula is C15H13BrF2N2O. The zero-order valence-corrected chi connectivity index (χ0v) is 12.8. The number of benzene rings is 2. The maximum absolute atomic E-state index is 13.7. The third-order valence-corrected chi connectivity index (χ3v) is 3.90. The molecule has 3 N–H and O–H groups in total. The molecule has 0 radical (unpaired) electrons. The van der Waals surface area contributed by atoms with E-state index in [2.05, 4.69) is 21.2 Å². The van der Waals surface area contributed by atoms with Crippen LogP contribution in [0.4, 0.5) is 14.5 Å². The Morgan fingerprint density at radius 3 is 2.57 bits per heavy atom. The molecule has 21 heavy (non-hydrogen) atoms. The summed E-state index contributed by atoms with van der Waals surface area (Å²) in [7, 11) is 0. The maximum Gasteiger partial charge on any atom is 0.251 e. The first-order valence-corrected chi connectivity index (χ1v) is 6.95. The topological polar surface area (TPSA) is 55.1 Å². The van der Waals surface area contributed by atoms with Crippen LogP contribution in [0.25, 0.3) is 0 Å². The first kappa shape index (κ1) is 15.4. The van der Waals surface area contributed by atoms with E-state index in [-0.39, 0.29) is 11.3 Å². The Labute approximate surface area is 129 Å². The first-order valence-electron chi connectivity index (χ1n) is 6.16. The fourth-order valence-electron chi connectivity index (χ4n) is 1.82. The molecule has 0 bridgehead atoms. The van der Waals surface area contributed by atoms with E-state index in [0.29, 0.717) is 12.6 Å². The lowest BCUT2D eigenvalue weighted by Gasteiger charge is -2.10. The van der Waals surface area contributed by atoms with Gasteiger partial charge in [-0.3, -0.25) is 4.79 Å². The van der Waals surface area contributed by atoms with Gasteiger partial charge in [0.05, 0.1) is 11.3 Å². The van der Waals surface area contributed by atoms with E-state index in [4.69, 9.17) is 5.73 Å². The SMILES string of the molecule is Cc1ccc(CNc2cc(C(N)=O)c(F)cc2F)cc1Br. The number of primary amides is 1. The Morgan fingerprint density at radius 1 is 1.24 bits per heavy atom. The van der Waals surface area contributed by atoms with Gasteiger partial charge in [-0.25, -0.2) is 8.78 Å². The average Bonchev–Trinajstić information content (AvgIpc) is 2.41. The second-order valence-corrected chi connectivity index (χ2v) is 5.47. The average molecular weight is 355 g/mol. The minimum atomic E-state index is -0.969. The molecule has 0 aliphatic carbocycles. The lowest BCUT2D eigenvalue weighted by Crippen LogP contribution is -2.14. The van der Waals surface area contributed by atoms with Crippen LogP contribution in [0.2, 0.25) is 0 Å². The highest BCUT2D eigenvalue weighted by molar-refractivity contribution is 9.10. The summed E-state index contributed by atoms with van der Waals surface area (Å²) < 4.78 is 28.0. The highest BCUT2D eigenvalue weighted by atomic mass is 79.9. The van der Waals surface area contributed by atoms with Crippen molar-refractivity contribution in [2.45, 2.75) is 13.5 Å². The molecule has 3 nitrogen and oxygen atoms in total. The number of aryl methyl sites for hydroxylation is 1. The molecule has 0 fully saturated rings. The fraction of sp³-hybridized carbons (Fsp3) is 0.133. The van der Waals surface area contributed by atoms with Gasteiger partial charge in [-0.2, -0.15) is 0 Å². The van der Waals surface area contributed by atoms with E-state index < -0.39 is 17.5 Å². The van der Waals surface area contributed by atoms with Crippen LogP contribution in [0, 0.1) is 18.6 Å². The summed E-state index contributed by atoms with van der Waals surface area (Å²) in [6.07, 6.45) is 0. The number of halogens is 3. The number of nitrogens with one attached hydrogen (secondary N) is 1. The smallest absolute Gasteiger partial charge is 0.251 e. The number of carbonyl (C=O) groups is 1. The summed E-state index contributed by atoms with van der Waals surface area (Å²) in [5.74, 6) is -2.68. The van der Waals surface area contributed by atoms with Gasteiger partial charge in [0.1, 0.15) is 11.6 Å². The van der Waals surface area contributed by atoms with Crippen LogP contribution in [0.1, 0.15) is 21.5 Å². The van der Waals surface area contributed by atoms with Crippen molar-refractivity contribution in [3.8, 4) is 0 Å². The molecule has 0 aliphatic rings. The molecule has 110 valence electrons. The van der Waals surface area contributed by atoms with Crippen molar-refractivity contribution in [1.29, 1.82) is 0 Å². The van der Waals surface area contributed by atoms with E-state index in [1.807, 2.05) is 25.1 Å². The van der Waals surface area contributed by atoms with Gasteiger partial charge >= 0.3 is 0 Å². The number of amides is 1. The quantitative estimate of drug-likeness (QED) is 0.878. The maximum atomic E-state index is 13.7. The molecule has 6 heteroatoms. The molecule has 0 aliphatic heterocycles.